The van der Waals surface area contributed by atoms with Crippen molar-refractivity contribution < 1.29 is 52.5 Å². The lowest BCUT2D eigenvalue weighted by Crippen LogP contribution is -2.32. The van der Waals surface area contributed by atoms with E-state index in [2.05, 4.69) is 27.5 Å². The van der Waals surface area contributed by atoms with Crippen molar-refractivity contribution in [3.05, 3.63) is 83.2 Å². The number of hydrogen-bond acceptors (Lipinski definition) is 13. The number of anilines is 1. The van der Waals surface area contributed by atoms with Crippen LogP contribution in [0.25, 0.3) is 17.2 Å². The van der Waals surface area contributed by atoms with Gasteiger partial charge < -0.3 is 34.3 Å². The minimum Gasteiger partial charge on any atom is -0.496 e. The summed E-state index contributed by atoms with van der Waals surface area (Å²) in [5.41, 5.74) is 0.964. The van der Waals surface area contributed by atoms with Gasteiger partial charge in [-0.15, -0.1) is 0 Å². The molecule has 3 amide bonds. The standard InChI is InChI=1S/C40H45N5O11/c1-8-25-17-30(35(46)43-27-13-11-26(12-14-27)34(41)45-40(51)54-20-53-37(48)21(2)3)29(18-32(25)52-7)28-15-16-31(36(47)42-19-24-9-10-24)44-33(28)39(50)56-23(6)55-38(49)22(4)5/h8,11-18,21-24H,1,9-10,19-20H2,2-7H3,(H,42,47)(H,43,46)(H2,41,45,51). The minimum absolute atomic E-state index is 0.0566. The Morgan fingerprint density at radius 3 is 2.16 bits per heavy atom. The Hall–Kier alpha value is -6.58. The topological polar surface area (TPSA) is 221 Å². The molecule has 0 radical (unpaired) electrons. The number of pyridine rings is 1. The van der Waals surface area contributed by atoms with Crippen LogP contribution in [0.4, 0.5) is 10.5 Å². The third kappa shape index (κ3) is 11.5. The van der Waals surface area contributed by atoms with Crippen molar-refractivity contribution in [1.29, 1.82) is 5.41 Å². The van der Waals surface area contributed by atoms with Crippen LogP contribution in [0.3, 0.4) is 0 Å². The van der Waals surface area contributed by atoms with Gasteiger partial charge in [0.1, 0.15) is 17.3 Å². The van der Waals surface area contributed by atoms with Crippen LogP contribution >= 0.6 is 0 Å². The Morgan fingerprint density at radius 2 is 1.55 bits per heavy atom. The zero-order valence-corrected chi connectivity index (χ0v) is 32.0. The van der Waals surface area contributed by atoms with E-state index in [1.165, 1.54) is 68.6 Å². The summed E-state index contributed by atoms with van der Waals surface area (Å²) in [7, 11) is 1.42. The number of ether oxygens (including phenoxy) is 5. The van der Waals surface area contributed by atoms with Gasteiger partial charge in [0, 0.05) is 47.0 Å². The maximum absolute atomic E-state index is 14.0. The average Bonchev–Trinajstić information content (AvgIpc) is 4.00. The van der Waals surface area contributed by atoms with E-state index >= 15 is 0 Å². The zero-order chi connectivity index (χ0) is 41.1. The van der Waals surface area contributed by atoms with E-state index in [0.717, 1.165) is 12.8 Å². The summed E-state index contributed by atoms with van der Waals surface area (Å²) >= 11 is 0. The smallest absolute Gasteiger partial charge is 0.415 e. The highest BCUT2D eigenvalue weighted by atomic mass is 16.7. The number of carbonyl (C=O) groups is 6. The fourth-order valence-electron chi connectivity index (χ4n) is 4.92. The van der Waals surface area contributed by atoms with E-state index in [-0.39, 0.29) is 39.5 Å². The molecule has 16 heteroatoms. The van der Waals surface area contributed by atoms with Gasteiger partial charge in [-0.25, -0.2) is 14.6 Å². The first-order chi connectivity index (χ1) is 26.6. The lowest BCUT2D eigenvalue weighted by atomic mass is 9.94. The molecule has 0 aliphatic heterocycles. The molecule has 1 aliphatic carbocycles. The van der Waals surface area contributed by atoms with Gasteiger partial charge in [0.05, 0.1) is 18.9 Å². The van der Waals surface area contributed by atoms with Crippen LogP contribution in [0.5, 0.6) is 5.75 Å². The van der Waals surface area contributed by atoms with Crippen LogP contribution in [-0.4, -0.2) is 73.4 Å². The highest BCUT2D eigenvalue weighted by molar-refractivity contribution is 6.11. The summed E-state index contributed by atoms with van der Waals surface area (Å²) in [5, 5.41) is 16.0. The molecule has 3 aromatic rings. The number of alkyl carbamates (subject to hydrolysis) is 1. The first-order valence-corrected chi connectivity index (χ1v) is 17.8. The Labute approximate surface area is 323 Å². The number of amidine groups is 1. The maximum atomic E-state index is 14.0. The molecule has 0 spiro atoms. The molecule has 296 valence electrons. The van der Waals surface area contributed by atoms with Gasteiger partial charge >= 0.3 is 24.0 Å². The summed E-state index contributed by atoms with van der Waals surface area (Å²) in [6, 6.07) is 11.8. The van der Waals surface area contributed by atoms with E-state index in [1.54, 1.807) is 27.7 Å². The summed E-state index contributed by atoms with van der Waals surface area (Å²) in [6.07, 6.45) is 1.18. The van der Waals surface area contributed by atoms with Gasteiger partial charge in [0.25, 0.3) is 11.8 Å². The lowest BCUT2D eigenvalue weighted by molar-refractivity contribution is -0.169. The van der Waals surface area contributed by atoms with E-state index in [9.17, 15) is 28.8 Å². The van der Waals surface area contributed by atoms with Gasteiger partial charge in [-0.1, -0.05) is 40.3 Å². The van der Waals surface area contributed by atoms with E-state index in [4.69, 9.17) is 29.1 Å². The Bertz CT molecular complexity index is 2010. The highest BCUT2D eigenvalue weighted by Gasteiger charge is 2.28. The number of nitrogens with zero attached hydrogens (tertiary/aromatic N) is 1. The summed E-state index contributed by atoms with van der Waals surface area (Å²) < 4.78 is 25.8. The molecular weight excluding hydrogens is 726 g/mol. The van der Waals surface area contributed by atoms with Gasteiger partial charge in [-0.2, -0.15) is 0 Å². The second-order valence-electron chi connectivity index (χ2n) is 13.4. The zero-order valence-electron chi connectivity index (χ0n) is 32.0. The average molecular weight is 772 g/mol. The molecule has 1 heterocycles. The Morgan fingerprint density at radius 1 is 0.875 bits per heavy atom. The minimum atomic E-state index is -1.31. The number of esters is 3. The molecule has 56 heavy (non-hydrogen) atoms. The van der Waals surface area contributed by atoms with E-state index in [0.29, 0.717) is 29.5 Å². The molecule has 1 fully saturated rings. The molecule has 2 aromatic carbocycles. The summed E-state index contributed by atoms with van der Waals surface area (Å²) in [6.45, 7) is 11.5. The van der Waals surface area contributed by atoms with Crippen molar-refractivity contribution in [3.63, 3.8) is 0 Å². The van der Waals surface area contributed by atoms with Crippen molar-refractivity contribution in [1.82, 2.24) is 15.6 Å². The Kier molecular flexibility index (Phi) is 14.4. The fourth-order valence-corrected chi connectivity index (χ4v) is 4.92. The SMILES string of the molecule is C=Cc1cc(C(=O)Nc2ccc(C(=N)NC(=O)OCOC(=O)C(C)C)cc2)c(-c2ccc(C(=O)NCC3CC3)nc2C(=O)OC(C)OC(=O)C(C)C)cc1OC. The third-order valence-corrected chi connectivity index (χ3v) is 8.24. The van der Waals surface area contributed by atoms with Crippen LogP contribution < -0.4 is 20.7 Å². The molecule has 1 aliphatic rings. The molecule has 1 aromatic heterocycles. The third-order valence-electron chi connectivity index (χ3n) is 8.24. The number of carbonyl (C=O) groups excluding carboxylic acids is 6. The van der Waals surface area contributed by atoms with Crippen LogP contribution in [0, 0.1) is 23.2 Å². The fraction of sp³-hybridized carbons (Fsp3) is 0.350. The van der Waals surface area contributed by atoms with Crippen LogP contribution in [0.15, 0.2) is 55.1 Å². The molecular formula is C40H45N5O11. The van der Waals surface area contributed by atoms with E-state index < -0.39 is 60.7 Å². The van der Waals surface area contributed by atoms with Crippen molar-refractivity contribution in [2.45, 2.75) is 53.8 Å². The predicted molar refractivity (Wildman–Crippen MR) is 204 cm³/mol. The number of aromatic nitrogens is 1. The predicted octanol–water partition coefficient (Wildman–Crippen LogP) is 5.70. The molecule has 1 saturated carbocycles. The van der Waals surface area contributed by atoms with Crippen LogP contribution in [-0.2, 0) is 28.5 Å². The van der Waals surface area contributed by atoms with Gasteiger partial charge in [0.2, 0.25) is 13.1 Å². The number of hydrogen-bond donors (Lipinski definition) is 4. The Balaban J connectivity index is 1.63. The molecule has 0 bridgehead atoms. The number of methoxy groups -OCH3 is 1. The first kappa shape index (κ1) is 42.2. The van der Waals surface area contributed by atoms with E-state index in [1.807, 2.05) is 0 Å². The number of amides is 3. The molecule has 4 N–H and O–H groups in total. The first-order valence-electron chi connectivity index (χ1n) is 17.8. The van der Waals surface area contributed by atoms with Crippen molar-refractivity contribution in [3.8, 4) is 16.9 Å². The maximum Gasteiger partial charge on any atom is 0.415 e. The van der Waals surface area contributed by atoms with Gasteiger partial charge in [-0.3, -0.25) is 29.9 Å². The quantitative estimate of drug-likeness (QED) is 0.0596. The molecule has 1 unspecified atom stereocenters. The highest BCUT2D eigenvalue weighted by Crippen LogP contribution is 2.35. The van der Waals surface area contributed by atoms with Crippen LogP contribution in [0.2, 0.25) is 0 Å². The number of nitrogens with one attached hydrogen (secondary N) is 4. The van der Waals surface area contributed by atoms with Crippen LogP contribution in [0.1, 0.15) is 89.9 Å². The monoisotopic (exact) mass is 771 g/mol. The van der Waals surface area contributed by atoms with Crippen molar-refractivity contribution in [2.24, 2.45) is 17.8 Å². The molecule has 4 rings (SSSR count). The second-order valence-corrected chi connectivity index (χ2v) is 13.4. The second kappa shape index (κ2) is 19.1. The normalized spacial score (nSPS) is 12.5. The number of benzene rings is 2. The van der Waals surface area contributed by atoms with Crippen molar-refractivity contribution in [2.75, 3.05) is 25.8 Å². The lowest BCUT2D eigenvalue weighted by Gasteiger charge is -2.19. The van der Waals surface area contributed by atoms with Gasteiger partial charge in [0.15, 0.2) is 5.69 Å². The van der Waals surface area contributed by atoms with Gasteiger partial charge in [-0.05, 0) is 67.3 Å². The summed E-state index contributed by atoms with van der Waals surface area (Å²) in [5.74, 6) is -3.83. The van der Waals surface area contributed by atoms with Crippen molar-refractivity contribution >= 4 is 53.4 Å². The summed E-state index contributed by atoms with van der Waals surface area (Å²) in [4.78, 5) is 81.0. The molecule has 1 atom stereocenters. The molecule has 16 nitrogen and oxygen atoms in total. The largest absolute Gasteiger partial charge is 0.496 e. The number of rotatable bonds is 16. The molecule has 0 saturated heterocycles.